The molecule has 0 bridgehead atoms. The first-order valence-corrected chi connectivity index (χ1v) is 7.34. The van der Waals surface area contributed by atoms with Gasteiger partial charge in [-0.25, -0.2) is 5.43 Å². The second kappa shape index (κ2) is 7.29. The van der Waals surface area contributed by atoms with Gasteiger partial charge in [0.05, 0.1) is 18.9 Å². The zero-order valence-electron chi connectivity index (χ0n) is 11.5. The Bertz CT molecular complexity index is 735. The molecule has 0 atom stereocenters. The van der Waals surface area contributed by atoms with E-state index in [4.69, 9.17) is 16.3 Å². The van der Waals surface area contributed by atoms with Crippen molar-refractivity contribution in [1.82, 2.24) is 5.43 Å². The minimum absolute atomic E-state index is 0.0172. The minimum atomic E-state index is -0.429. The maximum atomic E-state index is 12.1. The molecule has 5 nitrogen and oxygen atoms in total. The van der Waals surface area contributed by atoms with Crippen molar-refractivity contribution in [1.29, 1.82) is 0 Å². The summed E-state index contributed by atoms with van der Waals surface area (Å²) in [5, 5.41) is 13.9. The lowest BCUT2D eigenvalue weighted by Gasteiger charge is -2.07. The fourth-order valence-electron chi connectivity index (χ4n) is 1.70. The summed E-state index contributed by atoms with van der Waals surface area (Å²) in [6.45, 7) is 0. The summed E-state index contributed by atoms with van der Waals surface area (Å²) >= 11 is 9.13. The molecule has 0 aromatic heterocycles. The van der Waals surface area contributed by atoms with Gasteiger partial charge in [-0.2, -0.15) is 5.10 Å². The van der Waals surface area contributed by atoms with E-state index in [2.05, 4.69) is 26.5 Å². The molecule has 114 valence electrons. The molecule has 0 radical (unpaired) electrons. The zero-order valence-corrected chi connectivity index (χ0v) is 13.9. The van der Waals surface area contributed by atoms with Crippen LogP contribution in [0.5, 0.6) is 11.5 Å². The predicted molar refractivity (Wildman–Crippen MR) is 88.9 cm³/mol. The van der Waals surface area contributed by atoms with E-state index in [1.807, 2.05) is 0 Å². The lowest BCUT2D eigenvalue weighted by Crippen LogP contribution is -2.18. The first kappa shape index (κ1) is 16.3. The second-order valence-electron chi connectivity index (χ2n) is 4.25. The highest BCUT2D eigenvalue weighted by Crippen LogP contribution is 2.23. The Kier molecular flexibility index (Phi) is 5.41. The molecule has 2 rings (SSSR count). The van der Waals surface area contributed by atoms with Gasteiger partial charge in [0, 0.05) is 15.1 Å². The number of methoxy groups -OCH3 is 1. The largest absolute Gasteiger partial charge is 0.507 e. The number of hydrogen-bond acceptors (Lipinski definition) is 4. The molecule has 0 saturated heterocycles. The number of amides is 1. The van der Waals surface area contributed by atoms with Crippen LogP contribution in [0.2, 0.25) is 5.02 Å². The molecule has 0 spiro atoms. The molecule has 2 aromatic rings. The van der Waals surface area contributed by atoms with Crippen LogP contribution < -0.4 is 10.2 Å². The van der Waals surface area contributed by atoms with Crippen LogP contribution in [-0.2, 0) is 0 Å². The third-order valence-corrected chi connectivity index (χ3v) is 3.50. The number of hydrazone groups is 1. The van der Waals surface area contributed by atoms with Gasteiger partial charge in [-0.05, 0) is 36.4 Å². The number of nitrogens with zero attached hydrogens (tertiary/aromatic N) is 1. The molecule has 0 aliphatic rings. The molecule has 0 fully saturated rings. The number of nitrogens with one attached hydrogen (secondary N) is 1. The van der Waals surface area contributed by atoms with Crippen LogP contribution in [0.1, 0.15) is 15.9 Å². The van der Waals surface area contributed by atoms with E-state index in [1.54, 1.807) is 24.3 Å². The summed E-state index contributed by atoms with van der Waals surface area (Å²) in [5.74, 6) is 0.0124. The van der Waals surface area contributed by atoms with Gasteiger partial charge in [0.2, 0.25) is 0 Å². The maximum absolute atomic E-state index is 12.1. The van der Waals surface area contributed by atoms with Gasteiger partial charge in [0.15, 0.2) is 0 Å². The first-order chi connectivity index (χ1) is 10.5. The van der Waals surface area contributed by atoms with Gasteiger partial charge in [0.25, 0.3) is 5.91 Å². The molecule has 1 amide bonds. The molecule has 2 N–H and O–H groups in total. The van der Waals surface area contributed by atoms with Crippen LogP contribution in [0.25, 0.3) is 0 Å². The topological polar surface area (TPSA) is 70.9 Å². The Balaban J connectivity index is 2.13. The van der Waals surface area contributed by atoms with Crippen molar-refractivity contribution in [3.05, 3.63) is 57.0 Å². The number of benzene rings is 2. The van der Waals surface area contributed by atoms with Crippen molar-refractivity contribution in [3.8, 4) is 11.5 Å². The number of carbonyl (C=O) groups excluding carboxylic acids is 1. The highest BCUT2D eigenvalue weighted by molar-refractivity contribution is 9.10. The maximum Gasteiger partial charge on any atom is 0.275 e. The Morgan fingerprint density at radius 1 is 1.36 bits per heavy atom. The van der Waals surface area contributed by atoms with Gasteiger partial charge in [-0.1, -0.05) is 27.5 Å². The van der Waals surface area contributed by atoms with Gasteiger partial charge in [-0.15, -0.1) is 0 Å². The Morgan fingerprint density at radius 3 is 2.86 bits per heavy atom. The van der Waals surface area contributed by atoms with Crippen LogP contribution in [0.3, 0.4) is 0 Å². The standard InChI is InChI=1S/C15H12BrClN2O3/c1-22-14-7-10(16)2-4-12(14)15(21)19-18-8-9-6-11(17)3-5-13(9)20/h2-8,20H,1H3,(H,19,21)/b18-8-. The van der Waals surface area contributed by atoms with Gasteiger partial charge in [0.1, 0.15) is 11.5 Å². The lowest BCUT2D eigenvalue weighted by atomic mass is 10.2. The van der Waals surface area contributed by atoms with Crippen LogP contribution in [0.4, 0.5) is 0 Å². The van der Waals surface area contributed by atoms with Gasteiger partial charge < -0.3 is 9.84 Å². The summed E-state index contributed by atoms with van der Waals surface area (Å²) in [5.41, 5.74) is 3.11. The Labute approximate surface area is 140 Å². The minimum Gasteiger partial charge on any atom is -0.507 e. The highest BCUT2D eigenvalue weighted by Gasteiger charge is 2.11. The van der Waals surface area contributed by atoms with Crippen molar-refractivity contribution >= 4 is 39.7 Å². The lowest BCUT2D eigenvalue weighted by molar-refractivity contribution is 0.0952. The molecular formula is C15H12BrClN2O3. The van der Waals surface area contributed by atoms with Gasteiger partial charge in [-0.3, -0.25) is 4.79 Å². The number of phenolic OH excluding ortho intramolecular Hbond substituents is 1. The van der Waals surface area contributed by atoms with E-state index in [9.17, 15) is 9.90 Å². The number of halogens is 2. The SMILES string of the molecule is COc1cc(Br)ccc1C(=O)N/N=C\c1cc(Cl)ccc1O. The van der Waals surface area contributed by atoms with E-state index in [0.717, 1.165) is 4.47 Å². The van der Waals surface area contributed by atoms with Crippen molar-refractivity contribution < 1.29 is 14.6 Å². The number of hydrogen-bond donors (Lipinski definition) is 2. The number of rotatable bonds is 4. The van der Waals surface area contributed by atoms with Crippen LogP contribution in [0, 0.1) is 0 Å². The molecule has 0 aliphatic heterocycles. The first-order valence-electron chi connectivity index (χ1n) is 6.16. The van der Waals surface area contributed by atoms with Crippen molar-refractivity contribution in [2.75, 3.05) is 7.11 Å². The third kappa shape index (κ3) is 3.99. The molecule has 22 heavy (non-hydrogen) atoms. The average Bonchev–Trinajstić information content (AvgIpc) is 2.50. The normalized spacial score (nSPS) is 10.7. The summed E-state index contributed by atoms with van der Waals surface area (Å²) in [6.07, 6.45) is 1.31. The second-order valence-corrected chi connectivity index (χ2v) is 5.60. The summed E-state index contributed by atoms with van der Waals surface area (Å²) in [6, 6.07) is 9.56. The zero-order chi connectivity index (χ0) is 16.1. The van der Waals surface area contributed by atoms with Crippen molar-refractivity contribution in [2.24, 2.45) is 5.10 Å². The summed E-state index contributed by atoms with van der Waals surface area (Å²) in [7, 11) is 1.48. The number of carbonyl (C=O) groups is 1. The van der Waals surface area contributed by atoms with Gasteiger partial charge >= 0.3 is 0 Å². The Hall–Kier alpha value is -2.05. The molecule has 7 heteroatoms. The molecule has 0 aliphatic carbocycles. The smallest absolute Gasteiger partial charge is 0.275 e. The summed E-state index contributed by atoms with van der Waals surface area (Å²) in [4.78, 5) is 12.1. The van der Waals surface area contributed by atoms with Crippen molar-refractivity contribution in [3.63, 3.8) is 0 Å². The van der Waals surface area contributed by atoms with E-state index in [1.165, 1.54) is 25.5 Å². The average molecular weight is 384 g/mol. The summed E-state index contributed by atoms with van der Waals surface area (Å²) < 4.78 is 5.95. The number of phenols is 1. The number of ether oxygens (including phenoxy) is 1. The van der Waals surface area contributed by atoms with E-state index in [-0.39, 0.29) is 5.75 Å². The Morgan fingerprint density at radius 2 is 2.14 bits per heavy atom. The van der Waals surface area contributed by atoms with E-state index >= 15 is 0 Å². The molecule has 0 heterocycles. The fourth-order valence-corrected chi connectivity index (χ4v) is 2.22. The highest BCUT2D eigenvalue weighted by atomic mass is 79.9. The monoisotopic (exact) mass is 382 g/mol. The van der Waals surface area contributed by atoms with Crippen LogP contribution >= 0.6 is 27.5 Å². The predicted octanol–water partition coefficient (Wildman–Crippen LogP) is 3.58. The van der Waals surface area contributed by atoms with Crippen molar-refractivity contribution in [2.45, 2.75) is 0 Å². The number of aromatic hydroxyl groups is 1. The third-order valence-electron chi connectivity index (χ3n) is 2.77. The fraction of sp³-hybridized carbons (Fsp3) is 0.0667. The van der Waals surface area contributed by atoms with E-state index < -0.39 is 5.91 Å². The van der Waals surface area contributed by atoms with E-state index in [0.29, 0.717) is 21.9 Å². The molecule has 0 saturated carbocycles. The molecule has 2 aromatic carbocycles. The van der Waals surface area contributed by atoms with Crippen LogP contribution in [-0.4, -0.2) is 24.3 Å². The van der Waals surface area contributed by atoms with Crippen LogP contribution in [0.15, 0.2) is 46.0 Å². The molecular weight excluding hydrogens is 372 g/mol. The molecule has 0 unspecified atom stereocenters. The quantitative estimate of drug-likeness (QED) is 0.626.